The van der Waals surface area contributed by atoms with Gasteiger partial charge in [-0.25, -0.2) is 5.01 Å². The van der Waals surface area contributed by atoms with Gasteiger partial charge in [-0.05, 0) is 52.5 Å². The molecule has 31 heavy (non-hydrogen) atoms. The van der Waals surface area contributed by atoms with Crippen LogP contribution >= 0.6 is 23.1 Å². The molecule has 0 aliphatic carbocycles. The third kappa shape index (κ3) is 4.06. The van der Waals surface area contributed by atoms with E-state index in [1.807, 2.05) is 71.1 Å². The summed E-state index contributed by atoms with van der Waals surface area (Å²) in [6, 6.07) is 22.0. The van der Waals surface area contributed by atoms with Gasteiger partial charge in [0, 0.05) is 11.3 Å². The molecule has 1 atom stereocenters. The number of nitrogens with zero attached hydrogens (tertiary/aromatic N) is 3. The van der Waals surface area contributed by atoms with Crippen LogP contribution in [0.5, 0.6) is 5.75 Å². The van der Waals surface area contributed by atoms with Crippen molar-refractivity contribution in [2.24, 2.45) is 10.1 Å². The van der Waals surface area contributed by atoms with Gasteiger partial charge in [0.15, 0.2) is 5.17 Å². The summed E-state index contributed by atoms with van der Waals surface area (Å²) in [4.78, 5) is 18.6. The molecular weight excluding hydrogens is 426 g/mol. The molecule has 2 aliphatic heterocycles. The molecule has 1 unspecified atom stereocenters. The summed E-state index contributed by atoms with van der Waals surface area (Å²) in [6.45, 7) is 0. The van der Waals surface area contributed by atoms with Crippen molar-refractivity contribution >= 4 is 46.0 Å². The first-order valence-electron chi connectivity index (χ1n) is 9.83. The molecule has 0 spiro atoms. The zero-order valence-corrected chi connectivity index (χ0v) is 18.4. The second kappa shape index (κ2) is 8.53. The summed E-state index contributed by atoms with van der Waals surface area (Å²) in [6.07, 6.45) is 2.63. The molecule has 2 aromatic carbocycles. The number of carbonyl (C=O) groups excluding carboxylic acids is 1. The third-order valence-corrected chi connectivity index (χ3v) is 6.93. The van der Waals surface area contributed by atoms with Crippen molar-refractivity contribution in [1.82, 2.24) is 5.01 Å². The molecule has 2 aliphatic rings. The lowest BCUT2D eigenvalue weighted by Gasteiger charge is -2.22. The van der Waals surface area contributed by atoms with Crippen LogP contribution in [-0.2, 0) is 4.79 Å². The van der Waals surface area contributed by atoms with Gasteiger partial charge in [0.25, 0.3) is 5.91 Å². The van der Waals surface area contributed by atoms with Gasteiger partial charge in [0.05, 0.1) is 23.8 Å². The number of amidine groups is 1. The van der Waals surface area contributed by atoms with E-state index in [-0.39, 0.29) is 11.9 Å². The second-order valence-corrected chi connectivity index (χ2v) is 9.06. The lowest BCUT2D eigenvalue weighted by atomic mass is 9.98. The van der Waals surface area contributed by atoms with Gasteiger partial charge in [-0.1, -0.05) is 48.5 Å². The highest BCUT2D eigenvalue weighted by Gasteiger charge is 2.36. The Labute approximate surface area is 188 Å². The summed E-state index contributed by atoms with van der Waals surface area (Å²) in [5.41, 5.74) is 3.16. The van der Waals surface area contributed by atoms with E-state index in [9.17, 15) is 4.79 Å². The maximum absolute atomic E-state index is 12.6. The lowest BCUT2D eigenvalue weighted by Crippen LogP contribution is -2.23. The van der Waals surface area contributed by atoms with E-state index in [4.69, 9.17) is 9.84 Å². The maximum atomic E-state index is 12.6. The van der Waals surface area contributed by atoms with Gasteiger partial charge in [-0.3, -0.25) is 4.79 Å². The van der Waals surface area contributed by atoms with Gasteiger partial charge in [-0.2, -0.15) is 10.1 Å². The molecule has 1 aromatic heterocycles. The minimum absolute atomic E-state index is 0.0405. The Balaban J connectivity index is 1.48. The van der Waals surface area contributed by atoms with E-state index in [1.165, 1.54) is 11.8 Å². The Kier molecular flexibility index (Phi) is 5.44. The second-order valence-electron chi connectivity index (χ2n) is 7.08. The number of ether oxygens (including phenoxy) is 1. The van der Waals surface area contributed by atoms with Crippen molar-refractivity contribution in [3.63, 3.8) is 0 Å². The van der Waals surface area contributed by atoms with Crippen molar-refractivity contribution in [3.8, 4) is 5.75 Å². The molecule has 5 rings (SSSR count). The maximum Gasteiger partial charge on any atom is 0.286 e. The Morgan fingerprint density at radius 2 is 1.87 bits per heavy atom. The minimum Gasteiger partial charge on any atom is -0.497 e. The Morgan fingerprint density at radius 3 is 2.58 bits per heavy atom. The topological polar surface area (TPSA) is 54.3 Å². The number of amides is 1. The molecule has 0 saturated carbocycles. The van der Waals surface area contributed by atoms with E-state index >= 15 is 0 Å². The molecular formula is C24H19N3O2S2. The Hall–Kier alpha value is -3.16. The van der Waals surface area contributed by atoms with Gasteiger partial charge in [0.1, 0.15) is 5.75 Å². The van der Waals surface area contributed by atoms with Crippen molar-refractivity contribution in [3.05, 3.63) is 93.0 Å². The fourth-order valence-electron chi connectivity index (χ4n) is 3.58. The highest BCUT2D eigenvalue weighted by Crippen LogP contribution is 2.40. The standard InChI is InChI=1S/C24H19N3O2S2/c1-29-18-11-9-17(10-12-18)21-15-20(16-6-3-2-4-7-16)26-27(21)24-25-23(28)22(31-24)14-19-8-5-13-30-19/h2-14,21H,15H2,1H3/b22-14-. The van der Waals surface area contributed by atoms with E-state index in [1.54, 1.807) is 18.4 Å². The molecule has 0 bridgehead atoms. The average molecular weight is 446 g/mol. The van der Waals surface area contributed by atoms with Crippen LogP contribution in [0.3, 0.4) is 0 Å². The normalized spacial score (nSPS) is 19.6. The van der Waals surface area contributed by atoms with Gasteiger partial charge in [-0.15, -0.1) is 11.3 Å². The summed E-state index contributed by atoms with van der Waals surface area (Å²) >= 11 is 2.98. The average Bonchev–Trinajstić information content (AvgIpc) is 3.55. The molecule has 154 valence electrons. The molecule has 0 saturated heterocycles. The first-order valence-corrected chi connectivity index (χ1v) is 11.5. The van der Waals surface area contributed by atoms with Crippen LogP contribution in [0.1, 0.15) is 28.5 Å². The summed E-state index contributed by atoms with van der Waals surface area (Å²) in [7, 11) is 1.66. The molecule has 0 fully saturated rings. The number of aliphatic imine (C=N–C) groups is 1. The monoisotopic (exact) mass is 445 g/mol. The fourth-order valence-corrected chi connectivity index (χ4v) is 5.21. The minimum atomic E-state index is -0.217. The molecule has 1 amide bonds. The van der Waals surface area contributed by atoms with Crippen LogP contribution in [0.25, 0.3) is 6.08 Å². The largest absolute Gasteiger partial charge is 0.497 e. The van der Waals surface area contributed by atoms with E-state index in [0.29, 0.717) is 10.1 Å². The highest BCUT2D eigenvalue weighted by molar-refractivity contribution is 8.18. The highest BCUT2D eigenvalue weighted by atomic mass is 32.2. The summed E-state index contributed by atoms with van der Waals surface area (Å²) in [5, 5.41) is 9.39. The number of thiophene rings is 1. The number of hydrogen-bond acceptors (Lipinski definition) is 6. The zero-order valence-electron chi connectivity index (χ0n) is 16.8. The molecule has 3 aromatic rings. The number of hydrogen-bond donors (Lipinski definition) is 0. The zero-order chi connectivity index (χ0) is 21.2. The molecule has 7 heteroatoms. The summed E-state index contributed by atoms with van der Waals surface area (Å²) < 4.78 is 5.31. The number of carbonyl (C=O) groups is 1. The number of benzene rings is 2. The predicted molar refractivity (Wildman–Crippen MR) is 127 cm³/mol. The van der Waals surface area contributed by atoms with Crippen LogP contribution in [-0.4, -0.2) is 28.9 Å². The van der Waals surface area contributed by atoms with Crippen LogP contribution in [0.15, 0.2) is 87.1 Å². The van der Waals surface area contributed by atoms with E-state index < -0.39 is 0 Å². The first-order chi connectivity index (χ1) is 15.2. The SMILES string of the molecule is COc1ccc(C2CC(c3ccccc3)=NN2C2=NC(=O)/C(=C/c3cccs3)S2)cc1. The number of thioether (sulfide) groups is 1. The van der Waals surface area contributed by atoms with E-state index in [0.717, 1.165) is 33.9 Å². The van der Waals surface area contributed by atoms with Crippen LogP contribution < -0.4 is 4.74 Å². The Morgan fingerprint density at radius 1 is 1.06 bits per heavy atom. The number of hydrazone groups is 1. The number of rotatable bonds is 4. The van der Waals surface area contributed by atoms with Crippen molar-refractivity contribution < 1.29 is 9.53 Å². The van der Waals surface area contributed by atoms with Crippen LogP contribution in [0.4, 0.5) is 0 Å². The summed E-state index contributed by atoms with van der Waals surface area (Å²) in [5.74, 6) is 0.590. The molecule has 0 radical (unpaired) electrons. The third-order valence-electron chi connectivity index (χ3n) is 5.14. The lowest BCUT2D eigenvalue weighted by molar-refractivity contribution is -0.113. The molecule has 0 N–H and O–H groups in total. The smallest absolute Gasteiger partial charge is 0.286 e. The molecule has 3 heterocycles. The Bertz CT molecular complexity index is 1180. The van der Waals surface area contributed by atoms with Crippen LogP contribution in [0, 0.1) is 0 Å². The van der Waals surface area contributed by atoms with Crippen molar-refractivity contribution in [1.29, 1.82) is 0 Å². The predicted octanol–water partition coefficient (Wildman–Crippen LogP) is 5.58. The van der Waals surface area contributed by atoms with Crippen molar-refractivity contribution in [2.75, 3.05) is 7.11 Å². The van der Waals surface area contributed by atoms with Gasteiger partial charge in [0.2, 0.25) is 0 Å². The van der Waals surface area contributed by atoms with Crippen LogP contribution in [0.2, 0.25) is 0 Å². The van der Waals surface area contributed by atoms with Gasteiger partial charge < -0.3 is 4.74 Å². The quantitative estimate of drug-likeness (QED) is 0.492. The van der Waals surface area contributed by atoms with Gasteiger partial charge >= 0.3 is 0 Å². The van der Waals surface area contributed by atoms with E-state index in [2.05, 4.69) is 17.1 Å². The first kappa shape index (κ1) is 19.8. The van der Waals surface area contributed by atoms with Crippen molar-refractivity contribution in [2.45, 2.75) is 12.5 Å². The number of methoxy groups -OCH3 is 1. The molecule has 5 nitrogen and oxygen atoms in total. The fraction of sp³-hybridized carbons (Fsp3) is 0.125.